The Kier molecular flexibility index (Phi) is 11.9. The lowest BCUT2D eigenvalue weighted by atomic mass is 9.83. The van der Waals surface area contributed by atoms with Gasteiger partial charge in [0.15, 0.2) is 6.23 Å². The van der Waals surface area contributed by atoms with E-state index in [1.54, 1.807) is 9.85 Å². The van der Waals surface area contributed by atoms with Crippen LogP contribution < -0.4 is 5.32 Å². The fraction of sp³-hybridized carbons (Fsp3) is 0.862. The molecule has 12 heteroatoms. The number of carbonyl (C=O) groups excluding carboxylic acids is 2. The summed E-state index contributed by atoms with van der Waals surface area (Å²) in [6.45, 7) is 26.5. The average Bonchev–Trinajstić information content (AvgIpc) is 3.12. The topological polar surface area (TPSA) is 119 Å². The second-order valence-corrected chi connectivity index (χ2v) is 20.7. The van der Waals surface area contributed by atoms with E-state index >= 15 is 0 Å². The van der Waals surface area contributed by atoms with Crippen LogP contribution in [0.3, 0.4) is 0 Å². The molecule has 0 aromatic rings. The standard InChI is InChI=1S/C29H55N3O7Si2/c1-16(2)41(17(3)4,18(5)6)37-15-36-23-21(39-29(11,12)13)22(24(34)28(8,9)10)38-26(23)32-14-20(40)25(30-19(7)33)31-27(32)35/h16-18,21-24,26,34H,14-15,40H2,1-13H3,(H,30,31,33,35)/t21-,22+,23-,24?,26-/m1/s1. The number of hydrogen-bond acceptors (Lipinski definition) is 7. The van der Waals surface area contributed by atoms with Gasteiger partial charge in [0.1, 0.15) is 30.9 Å². The van der Waals surface area contributed by atoms with E-state index in [4.69, 9.17) is 18.6 Å². The summed E-state index contributed by atoms with van der Waals surface area (Å²) in [5.41, 5.74) is -0.0208. The molecule has 3 amide bonds. The Morgan fingerprint density at radius 2 is 1.63 bits per heavy atom. The molecular weight excluding hydrogens is 559 g/mol. The number of aliphatic imine (C=N–C) groups is 1. The molecule has 10 nitrogen and oxygen atoms in total. The molecule has 41 heavy (non-hydrogen) atoms. The number of aliphatic hydroxyl groups is 1. The molecular formula is C29H55N3O7Si2. The highest BCUT2D eigenvalue weighted by Crippen LogP contribution is 2.43. The molecule has 5 atom stereocenters. The number of aliphatic hydroxyl groups excluding tert-OH is 1. The quantitative estimate of drug-likeness (QED) is 0.285. The molecule has 0 bridgehead atoms. The monoisotopic (exact) mass is 613 g/mol. The zero-order chi connectivity index (χ0) is 31.7. The highest BCUT2D eigenvalue weighted by atomic mass is 28.4. The molecule has 2 rings (SSSR count). The number of rotatable bonds is 10. The predicted octanol–water partition coefficient (Wildman–Crippen LogP) is 3.61. The number of nitrogens with one attached hydrogen (secondary N) is 1. The third-order valence-corrected chi connectivity index (χ3v) is 14.5. The first-order valence-electron chi connectivity index (χ1n) is 14.7. The van der Waals surface area contributed by atoms with Gasteiger partial charge in [-0.2, -0.15) is 4.99 Å². The van der Waals surface area contributed by atoms with Gasteiger partial charge in [-0.3, -0.25) is 9.69 Å². The molecule has 0 spiro atoms. The molecule has 1 fully saturated rings. The van der Waals surface area contributed by atoms with Crippen molar-refractivity contribution in [1.29, 1.82) is 0 Å². The maximum Gasteiger partial charge on any atom is 0.347 e. The summed E-state index contributed by atoms with van der Waals surface area (Å²) in [6.07, 6.45) is -4.03. The van der Waals surface area contributed by atoms with Gasteiger partial charge in [-0.05, 0) is 57.8 Å². The van der Waals surface area contributed by atoms with Gasteiger partial charge in [-0.15, -0.1) is 0 Å². The Bertz CT molecular complexity index is 966. The molecule has 2 aliphatic heterocycles. The third kappa shape index (κ3) is 8.42. The van der Waals surface area contributed by atoms with Crippen LogP contribution in [0.25, 0.3) is 0 Å². The summed E-state index contributed by atoms with van der Waals surface area (Å²) in [5, 5.41) is 14.8. The number of hydrogen-bond donors (Lipinski definition) is 2. The van der Waals surface area contributed by atoms with Gasteiger partial charge >= 0.3 is 6.03 Å². The van der Waals surface area contributed by atoms with Crippen molar-refractivity contribution in [2.75, 3.05) is 13.3 Å². The average molecular weight is 614 g/mol. The van der Waals surface area contributed by atoms with E-state index in [-0.39, 0.29) is 25.1 Å². The lowest BCUT2D eigenvalue weighted by Crippen LogP contribution is -2.56. The van der Waals surface area contributed by atoms with E-state index in [9.17, 15) is 14.7 Å². The number of carbonyl (C=O) groups is 2. The molecule has 2 heterocycles. The molecule has 0 aromatic heterocycles. The SMILES string of the molecule is CC(=O)NC1=NC(=O)N([C@@H]2O[C@H](C(O)C(C)(C)C)[C@@H](OC(C)(C)C)[C@H]2OCO[Si](C(C)C)(C(C)C)C(C)C)CC1=[SiH2]. The summed E-state index contributed by atoms with van der Waals surface area (Å²) in [7, 11) is -0.689. The first kappa shape index (κ1) is 35.9. The molecule has 0 aromatic carbocycles. The maximum absolute atomic E-state index is 13.3. The van der Waals surface area contributed by atoms with Crippen LogP contribution >= 0.6 is 0 Å². The lowest BCUT2D eigenvalue weighted by molar-refractivity contribution is -0.164. The molecule has 2 N–H and O–H groups in total. The van der Waals surface area contributed by atoms with Crippen molar-refractivity contribution in [1.82, 2.24) is 10.2 Å². The zero-order valence-corrected chi connectivity index (χ0v) is 29.9. The Morgan fingerprint density at radius 1 is 1.10 bits per heavy atom. The second-order valence-electron chi connectivity index (χ2n) is 14.4. The minimum Gasteiger partial charge on any atom is -0.394 e. The zero-order valence-electron chi connectivity index (χ0n) is 27.5. The van der Waals surface area contributed by atoms with Crippen molar-refractivity contribution in [2.24, 2.45) is 10.4 Å². The van der Waals surface area contributed by atoms with E-state index in [0.29, 0.717) is 16.6 Å². The van der Waals surface area contributed by atoms with Crippen molar-refractivity contribution in [2.45, 2.75) is 143 Å². The van der Waals surface area contributed by atoms with E-state index in [0.717, 1.165) is 5.17 Å². The number of amidine groups is 1. The number of nitrogens with zero attached hydrogens (tertiary/aromatic N) is 2. The van der Waals surface area contributed by atoms with Gasteiger partial charge < -0.3 is 29.1 Å². The Labute approximate surface area is 251 Å². The van der Waals surface area contributed by atoms with Gasteiger partial charge in [0.2, 0.25) is 14.2 Å². The summed E-state index contributed by atoms with van der Waals surface area (Å²) in [4.78, 5) is 30.6. The van der Waals surface area contributed by atoms with E-state index in [1.807, 2.05) is 41.5 Å². The Balaban J connectivity index is 2.53. The fourth-order valence-corrected chi connectivity index (χ4v) is 11.8. The van der Waals surface area contributed by atoms with Crippen molar-refractivity contribution >= 4 is 41.1 Å². The highest BCUT2D eigenvalue weighted by molar-refractivity contribution is 6.77. The van der Waals surface area contributed by atoms with E-state index in [2.05, 4.69) is 51.9 Å². The number of amides is 3. The lowest BCUT2D eigenvalue weighted by Gasteiger charge is -2.42. The maximum atomic E-state index is 13.3. The first-order valence-corrected chi connectivity index (χ1v) is 17.6. The molecule has 1 saturated heterocycles. The molecule has 0 radical (unpaired) electrons. The van der Waals surface area contributed by atoms with Crippen molar-refractivity contribution in [3.05, 3.63) is 0 Å². The van der Waals surface area contributed by atoms with Gasteiger partial charge in [0, 0.05) is 13.5 Å². The minimum absolute atomic E-state index is 0.0144. The Hall–Kier alpha value is -1.29. The molecule has 2 aliphatic rings. The van der Waals surface area contributed by atoms with Gasteiger partial charge in [0.05, 0.1) is 11.7 Å². The predicted molar refractivity (Wildman–Crippen MR) is 168 cm³/mol. The highest BCUT2D eigenvalue weighted by Gasteiger charge is 2.56. The number of ether oxygens (including phenoxy) is 3. The number of urea groups is 1. The minimum atomic E-state index is -2.25. The van der Waals surface area contributed by atoms with Crippen molar-refractivity contribution in [3.63, 3.8) is 0 Å². The summed E-state index contributed by atoms with van der Waals surface area (Å²) >= 11 is 0. The van der Waals surface area contributed by atoms with Crippen LogP contribution in [0.15, 0.2) is 4.99 Å². The van der Waals surface area contributed by atoms with Crippen molar-refractivity contribution < 1.29 is 33.3 Å². The largest absolute Gasteiger partial charge is 0.394 e. The van der Waals surface area contributed by atoms with E-state index < -0.39 is 56.0 Å². The van der Waals surface area contributed by atoms with Crippen molar-refractivity contribution in [3.8, 4) is 0 Å². The molecule has 0 aliphatic carbocycles. The van der Waals surface area contributed by atoms with Crippen LogP contribution in [0.1, 0.15) is 90.0 Å². The van der Waals surface area contributed by atoms with Gasteiger partial charge in [-0.25, -0.2) is 4.79 Å². The van der Waals surface area contributed by atoms with Crippen LogP contribution in [-0.2, 0) is 23.4 Å². The molecule has 1 unspecified atom stereocenters. The second kappa shape index (κ2) is 13.6. The summed E-state index contributed by atoms with van der Waals surface area (Å²) in [5.74, 6) is -0.0454. The third-order valence-electron chi connectivity index (χ3n) is 7.94. The van der Waals surface area contributed by atoms with Crippen LogP contribution in [0, 0.1) is 5.41 Å². The fourth-order valence-electron chi connectivity index (χ4n) is 6.17. The summed E-state index contributed by atoms with van der Waals surface area (Å²) in [6, 6.07) is -0.556. The first-order chi connectivity index (χ1) is 18.6. The van der Waals surface area contributed by atoms with Crippen LogP contribution in [-0.4, -0.2) is 101 Å². The van der Waals surface area contributed by atoms with E-state index in [1.165, 1.54) is 11.8 Å². The summed E-state index contributed by atoms with van der Waals surface area (Å²) < 4.78 is 26.3. The van der Waals surface area contributed by atoms with Crippen LogP contribution in [0.4, 0.5) is 4.79 Å². The van der Waals surface area contributed by atoms with Crippen LogP contribution in [0.5, 0.6) is 0 Å². The Morgan fingerprint density at radius 3 is 2.07 bits per heavy atom. The van der Waals surface area contributed by atoms with Gasteiger partial charge in [-0.1, -0.05) is 62.3 Å². The molecule has 236 valence electrons. The normalized spacial score (nSPS) is 25.4. The van der Waals surface area contributed by atoms with Crippen LogP contribution in [0.2, 0.25) is 16.6 Å². The smallest absolute Gasteiger partial charge is 0.347 e. The van der Waals surface area contributed by atoms with Gasteiger partial charge in [0.25, 0.3) is 0 Å². The molecule has 0 saturated carbocycles.